The van der Waals surface area contributed by atoms with Gasteiger partial charge in [-0.2, -0.15) is 0 Å². The predicted molar refractivity (Wildman–Crippen MR) is 58.5 cm³/mol. The molecule has 1 atom stereocenters. The number of hydrogen-bond acceptors (Lipinski definition) is 5. The van der Waals surface area contributed by atoms with Crippen LogP contribution >= 0.6 is 0 Å². The molecule has 7 heteroatoms. The van der Waals surface area contributed by atoms with E-state index in [-0.39, 0.29) is 24.4 Å². The van der Waals surface area contributed by atoms with Crippen LogP contribution in [0.25, 0.3) is 0 Å². The van der Waals surface area contributed by atoms with Crippen molar-refractivity contribution in [3.63, 3.8) is 0 Å². The third-order valence-corrected chi connectivity index (χ3v) is 2.31. The Kier molecular flexibility index (Phi) is 4.24. The molecule has 7 nitrogen and oxygen atoms in total. The van der Waals surface area contributed by atoms with E-state index in [4.69, 9.17) is 10.5 Å². The van der Waals surface area contributed by atoms with Gasteiger partial charge in [-0.1, -0.05) is 0 Å². The van der Waals surface area contributed by atoms with E-state index in [9.17, 15) is 4.79 Å². The van der Waals surface area contributed by atoms with Gasteiger partial charge in [-0.15, -0.1) is 5.10 Å². The van der Waals surface area contributed by atoms with E-state index in [1.807, 2.05) is 6.92 Å². The Morgan fingerprint density at radius 1 is 1.75 bits per heavy atom. The molecule has 0 saturated carbocycles. The first-order valence-electron chi connectivity index (χ1n) is 4.94. The van der Waals surface area contributed by atoms with Gasteiger partial charge in [0.2, 0.25) is 11.9 Å². The van der Waals surface area contributed by atoms with Crippen LogP contribution in [0.4, 0.5) is 5.95 Å². The summed E-state index contributed by atoms with van der Waals surface area (Å²) in [5.41, 5.74) is 5.35. The number of nitrogens with zero attached hydrogens (tertiary/aromatic N) is 4. The fraction of sp³-hybridized carbons (Fsp3) is 0.667. The standard InChI is InChI=1S/C9H17N5O2/c1-7(5-16-3)13(2)8(15)4-14-6-11-9(10)12-14/h6-7H,4-5H2,1-3H3,(H2,10,12). The van der Waals surface area contributed by atoms with Gasteiger partial charge >= 0.3 is 0 Å². The third-order valence-electron chi connectivity index (χ3n) is 2.31. The minimum atomic E-state index is -0.0607. The lowest BCUT2D eigenvalue weighted by Gasteiger charge is -2.24. The fourth-order valence-electron chi connectivity index (χ4n) is 1.23. The molecule has 0 fully saturated rings. The second-order valence-electron chi connectivity index (χ2n) is 3.61. The summed E-state index contributed by atoms with van der Waals surface area (Å²) >= 11 is 0. The lowest BCUT2D eigenvalue weighted by molar-refractivity contribution is -0.133. The second kappa shape index (κ2) is 5.45. The number of anilines is 1. The number of nitrogens with two attached hydrogens (primary N) is 1. The summed E-state index contributed by atoms with van der Waals surface area (Å²) in [6.07, 6.45) is 1.43. The molecule has 2 N–H and O–H groups in total. The van der Waals surface area contributed by atoms with Gasteiger partial charge in [0.25, 0.3) is 0 Å². The van der Waals surface area contributed by atoms with E-state index >= 15 is 0 Å². The second-order valence-corrected chi connectivity index (χ2v) is 3.61. The summed E-state index contributed by atoms with van der Waals surface area (Å²) in [5.74, 6) is 0.106. The van der Waals surface area contributed by atoms with Crippen LogP contribution in [0, 0.1) is 0 Å². The Morgan fingerprint density at radius 3 is 2.94 bits per heavy atom. The summed E-state index contributed by atoms with van der Waals surface area (Å²) in [5, 5.41) is 3.84. The van der Waals surface area contributed by atoms with Crippen molar-refractivity contribution in [2.75, 3.05) is 26.5 Å². The van der Waals surface area contributed by atoms with E-state index in [1.54, 1.807) is 19.1 Å². The maximum atomic E-state index is 11.8. The Bertz CT molecular complexity index is 351. The molecule has 1 rings (SSSR count). The van der Waals surface area contributed by atoms with Crippen molar-refractivity contribution in [1.82, 2.24) is 19.7 Å². The molecule has 90 valence electrons. The van der Waals surface area contributed by atoms with Crippen LogP contribution in [-0.4, -0.2) is 52.4 Å². The zero-order chi connectivity index (χ0) is 12.1. The monoisotopic (exact) mass is 227 g/mol. The normalized spacial score (nSPS) is 12.4. The number of carbonyl (C=O) groups is 1. The van der Waals surface area contributed by atoms with E-state index in [0.29, 0.717) is 6.61 Å². The van der Waals surface area contributed by atoms with Crippen LogP contribution in [0.1, 0.15) is 6.92 Å². The molecule has 0 spiro atoms. The molecule has 0 saturated heterocycles. The lowest BCUT2D eigenvalue weighted by atomic mass is 10.3. The van der Waals surface area contributed by atoms with Gasteiger partial charge in [0.15, 0.2) is 0 Å². The van der Waals surface area contributed by atoms with Crippen LogP contribution in [0.15, 0.2) is 6.33 Å². The smallest absolute Gasteiger partial charge is 0.244 e. The van der Waals surface area contributed by atoms with Gasteiger partial charge in [0, 0.05) is 14.2 Å². The molecule has 0 bridgehead atoms. The maximum Gasteiger partial charge on any atom is 0.244 e. The molecular weight excluding hydrogens is 210 g/mol. The van der Waals surface area contributed by atoms with Crippen molar-refractivity contribution in [3.05, 3.63) is 6.33 Å². The Balaban J connectivity index is 2.51. The van der Waals surface area contributed by atoms with E-state index in [1.165, 1.54) is 11.0 Å². The molecule has 1 unspecified atom stereocenters. The highest BCUT2D eigenvalue weighted by atomic mass is 16.5. The van der Waals surface area contributed by atoms with Gasteiger partial charge in [-0.3, -0.25) is 4.79 Å². The molecule has 0 aliphatic heterocycles. The van der Waals surface area contributed by atoms with Crippen molar-refractivity contribution >= 4 is 11.9 Å². The van der Waals surface area contributed by atoms with Crippen molar-refractivity contribution in [2.24, 2.45) is 0 Å². The molecular formula is C9H17N5O2. The SMILES string of the molecule is COCC(C)N(C)C(=O)Cn1cnc(N)n1. The number of carbonyl (C=O) groups excluding carboxylic acids is 1. The Labute approximate surface area is 94.2 Å². The average molecular weight is 227 g/mol. The Hall–Kier alpha value is -1.63. The molecule has 1 aromatic rings. The number of aromatic nitrogens is 3. The highest BCUT2D eigenvalue weighted by Gasteiger charge is 2.16. The number of likely N-dealkylation sites (N-methyl/N-ethyl adjacent to an activating group) is 1. The van der Waals surface area contributed by atoms with E-state index in [0.717, 1.165) is 0 Å². The quantitative estimate of drug-likeness (QED) is 0.722. The van der Waals surface area contributed by atoms with Crippen LogP contribution < -0.4 is 5.73 Å². The molecule has 1 heterocycles. The van der Waals surface area contributed by atoms with Crippen molar-refractivity contribution < 1.29 is 9.53 Å². The van der Waals surface area contributed by atoms with Gasteiger partial charge < -0.3 is 15.4 Å². The molecule has 1 amide bonds. The minimum absolute atomic E-state index is 0.0263. The fourth-order valence-corrected chi connectivity index (χ4v) is 1.23. The summed E-state index contributed by atoms with van der Waals surface area (Å²) < 4.78 is 6.39. The molecule has 16 heavy (non-hydrogen) atoms. The number of hydrogen-bond donors (Lipinski definition) is 1. The number of amides is 1. The largest absolute Gasteiger partial charge is 0.383 e. The average Bonchev–Trinajstić information content (AvgIpc) is 2.63. The first-order chi connectivity index (χ1) is 7.54. The molecule has 0 aromatic carbocycles. The Morgan fingerprint density at radius 2 is 2.44 bits per heavy atom. The molecule has 0 aliphatic rings. The predicted octanol–water partition coefficient (Wildman–Crippen LogP) is -0.646. The van der Waals surface area contributed by atoms with Crippen LogP contribution in [0.5, 0.6) is 0 Å². The lowest BCUT2D eigenvalue weighted by Crippen LogP contribution is -2.39. The van der Waals surface area contributed by atoms with Crippen molar-refractivity contribution in [1.29, 1.82) is 0 Å². The number of rotatable bonds is 5. The highest BCUT2D eigenvalue weighted by molar-refractivity contribution is 5.75. The van der Waals surface area contributed by atoms with Crippen LogP contribution in [-0.2, 0) is 16.1 Å². The summed E-state index contributed by atoms with van der Waals surface area (Å²) in [6.45, 7) is 2.55. The minimum Gasteiger partial charge on any atom is -0.383 e. The molecule has 0 aliphatic carbocycles. The summed E-state index contributed by atoms with van der Waals surface area (Å²) in [7, 11) is 3.33. The first kappa shape index (κ1) is 12.4. The van der Waals surface area contributed by atoms with E-state index < -0.39 is 0 Å². The summed E-state index contributed by atoms with van der Waals surface area (Å²) in [4.78, 5) is 17.1. The van der Waals surface area contributed by atoms with E-state index in [2.05, 4.69) is 10.1 Å². The highest BCUT2D eigenvalue weighted by Crippen LogP contribution is 1.99. The molecule has 1 aromatic heterocycles. The zero-order valence-corrected chi connectivity index (χ0v) is 9.75. The van der Waals surface area contributed by atoms with Crippen LogP contribution in [0.3, 0.4) is 0 Å². The van der Waals surface area contributed by atoms with Crippen molar-refractivity contribution in [3.8, 4) is 0 Å². The van der Waals surface area contributed by atoms with Crippen molar-refractivity contribution in [2.45, 2.75) is 19.5 Å². The van der Waals surface area contributed by atoms with Crippen LogP contribution in [0.2, 0.25) is 0 Å². The number of nitrogen functional groups attached to an aromatic ring is 1. The van der Waals surface area contributed by atoms with Gasteiger partial charge in [-0.05, 0) is 6.92 Å². The topological polar surface area (TPSA) is 86.3 Å². The number of methoxy groups -OCH3 is 1. The van der Waals surface area contributed by atoms with Gasteiger partial charge in [-0.25, -0.2) is 9.67 Å². The first-order valence-corrected chi connectivity index (χ1v) is 4.94. The summed E-state index contributed by atoms with van der Waals surface area (Å²) in [6, 6.07) is 0.0263. The van der Waals surface area contributed by atoms with Gasteiger partial charge in [0.05, 0.1) is 12.6 Å². The third kappa shape index (κ3) is 3.20. The maximum absolute atomic E-state index is 11.8. The number of ether oxygens (including phenoxy) is 1. The van der Waals surface area contributed by atoms with Gasteiger partial charge in [0.1, 0.15) is 12.9 Å². The zero-order valence-electron chi connectivity index (χ0n) is 9.75. The molecule has 0 radical (unpaired) electrons.